The molecule has 130 valence electrons. The van der Waals surface area contributed by atoms with Crippen LogP contribution in [0.3, 0.4) is 0 Å². The van der Waals surface area contributed by atoms with Gasteiger partial charge in [-0.1, -0.05) is 35.4 Å². The van der Waals surface area contributed by atoms with E-state index >= 15 is 0 Å². The monoisotopic (exact) mass is 330 g/mol. The lowest BCUT2D eigenvalue weighted by atomic mass is 9.88. The highest BCUT2D eigenvalue weighted by Gasteiger charge is 2.25. The van der Waals surface area contributed by atoms with Crippen molar-refractivity contribution in [3.63, 3.8) is 0 Å². The minimum absolute atomic E-state index is 1.05. The maximum absolute atomic E-state index is 2.32. The minimum Gasteiger partial charge on any atom is -0.0558 e. The van der Waals surface area contributed by atoms with Crippen LogP contribution in [0.4, 0.5) is 0 Å². The molecule has 0 saturated heterocycles. The van der Waals surface area contributed by atoms with Crippen molar-refractivity contribution >= 4 is 11.1 Å². The molecule has 0 bridgehead atoms. The topological polar surface area (TPSA) is 0 Å². The zero-order valence-corrected chi connectivity index (χ0v) is 17.0. The predicted octanol–water partition coefficient (Wildman–Crippen LogP) is 7.19. The van der Waals surface area contributed by atoms with Crippen LogP contribution in [0.5, 0.6) is 0 Å². The summed E-state index contributed by atoms with van der Waals surface area (Å²) in [5.41, 5.74) is 17.2. The summed E-state index contributed by atoms with van der Waals surface area (Å²) in [6.07, 6.45) is 1.05. The van der Waals surface area contributed by atoms with E-state index in [1.54, 1.807) is 0 Å². The number of aryl methyl sites for hydroxylation is 6. The Labute approximate surface area is 153 Å². The standard InChI is InChI=1S/C25H30/c1-14-9-16(3)24(17(4)10-14)22-13-23(21(8)20(22)7)25-18(5)11-15(2)12-19(25)6/h9-12H,13H2,1-8H3. The lowest BCUT2D eigenvalue weighted by Gasteiger charge is -2.16. The molecule has 1 aliphatic carbocycles. The van der Waals surface area contributed by atoms with Crippen LogP contribution in [-0.2, 0) is 0 Å². The van der Waals surface area contributed by atoms with E-state index in [2.05, 4.69) is 79.7 Å². The van der Waals surface area contributed by atoms with Gasteiger partial charge < -0.3 is 0 Å². The molecule has 2 aromatic carbocycles. The summed E-state index contributed by atoms with van der Waals surface area (Å²) < 4.78 is 0. The van der Waals surface area contributed by atoms with E-state index in [1.165, 1.54) is 66.8 Å². The summed E-state index contributed by atoms with van der Waals surface area (Å²) in [5, 5.41) is 0. The van der Waals surface area contributed by atoms with Crippen molar-refractivity contribution in [3.8, 4) is 0 Å². The summed E-state index contributed by atoms with van der Waals surface area (Å²) in [5.74, 6) is 0. The molecule has 0 aromatic heterocycles. The second kappa shape index (κ2) is 6.33. The van der Waals surface area contributed by atoms with Crippen molar-refractivity contribution in [3.05, 3.63) is 79.9 Å². The highest BCUT2D eigenvalue weighted by atomic mass is 14.3. The predicted molar refractivity (Wildman–Crippen MR) is 111 cm³/mol. The molecule has 0 unspecified atom stereocenters. The van der Waals surface area contributed by atoms with Gasteiger partial charge in [-0.25, -0.2) is 0 Å². The summed E-state index contributed by atoms with van der Waals surface area (Å²) in [4.78, 5) is 0. The number of benzene rings is 2. The number of allylic oxidation sites excluding steroid dienone is 4. The third-order valence-electron chi connectivity index (χ3n) is 5.78. The zero-order chi connectivity index (χ0) is 18.5. The first-order valence-electron chi connectivity index (χ1n) is 9.27. The average Bonchev–Trinajstić information content (AvgIpc) is 2.74. The summed E-state index contributed by atoms with van der Waals surface area (Å²) in [6, 6.07) is 9.27. The normalized spacial score (nSPS) is 14.7. The lowest BCUT2D eigenvalue weighted by Crippen LogP contribution is -1.97. The Hall–Kier alpha value is -2.08. The van der Waals surface area contributed by atoms with Crippen LogP contribution in [0.15, 0.2) is 35.4 Å². The molecule has 0 aliphatic heterocycles. The highest BCUT2D eigenvalue weighted by Crippen LogP contribution is 2.45. The van der Waals surface area contributed by atoms with Gasteiger partial charge in [0, 0.05) is 0 Å². The third-order valence-corrected chi connectivity index (χ3v) is 5.78. The largest absolute Gasteiger partial charge is 0.0558 e. The zero-order valence-electron chi connectivity index (χ0n) is 17.0. The molecule has 0 nitrogen and oxygen atoms in total. The molecule has 3 rings (SSSR count). The Bertz CT molecular complexity index is 809. The van der Waals surface area contributed by atoms with Crippen molar-refractivity contribution in [2.75, 3.05) is 0 Å². The second-order valence-electron chi connectivity index (χ2n) is 7.93. The molecule has 0 heterocycles. The molecule has 0 saturated carbocycles. The van der Waals surface area contributed by atoms with Crippen LogP contribution >= 0.6 is 0 Å². The molecular weight excluding hydrogens is 300 g/mol. The van der Waals surface area contributed by atoms with Crippen molar-refractivity contribution in [1.29, 1.82) is 0 Å². The van der Waals surface area contributed by atoms with Crippen LogP contribution < -0.4 is 0 Å². The first kappa shape index (κ1) is 17.7. The van der Waals surface area contributed by atoms with E-state index in [4.69, 9.17) is 0 Å². The van der Waals surface area contributed by atoms with E-state index in [-0.39, 0.29) is 0 Å². The fourth-order valence-corrected chi connectivity index (χ4v) is 4.76. The van der Waals surface area contributed by atoms with Crippen LogP contribution in [-0.4, -0.2) is 0 Å². The van der Waals surface area contributed by atoms with E-state index in [9.17, 15) is 0 Å². The molecule has 25 heavy (non-hydrogen) atoms. The van der Waals surface area contributed by atoms with Crippen molar-refractivity contribution < 1.29 is 0 Å². The fourth-order valence-electron chi connectivity index (χ4n) is 4.76. The lowest BCUT2D eigenvalue weighted by molar-refractivity contribution is 1.24. The number of rotatable bonds is 2. The van der Waals surface area contributed by atoms with Gasteiger partial charge in [0.05, 0.1) is 0 Å². The van der Waals surface area contributed by atoms with Gasteiger partial charge >= 0.3 is 0 Å². The first-order chi connectivity index (χ1) is 11.7. The van der Waals surface area contributed by atoms with E-state index in [1.807, 2.05) is 0 Å². The Morgan fingerprint density at radius 1 is 0.480 bits per heavy atom. The molecule has 0 atom stereocenters. The van der Waals surface area contributed by atoms with Crippen LogP contribution in [0.25, 0.3) is 11.1 Å². The van der Waals surface area contributed by atoms with Crippen LogP contribution in [0, 0.1) is 41.5 Å². The van der Waals surface area contributed by atoms with Crippen LogP contribution in [0.1, 0.15) is 64.8 Å². The summed E-state index contributed by atoms with van der Waals surface area (Å²) in [7, 11) is 0. The van der Waals surface area contributed by atoms with Gasteiger partial charge in [-0.15, -0.1) is 0 Å². The molecule has 0 fully saturated rings. The number of hydrogen-bond donors (Lipinski definition) is 0. The Kier molecular flexibility index (Phi) is 4.49. The van der Waals surface area contributed by atoms with E-state index in [0.717, 1.165) is 6.42 Å². The first-order valence-corrected chi connectivity index (χ1v) is 9.27. The molecular formula is C25H30. The molecule has 1 aliphatic rings. The highest BCUT2D eigenvalue weighted by molar-refractivity contribution is 5.94. The molecule has 0 spiro atoms. The van der Waals surface area contributed by atoms with Crippen molar-refractivity contribution in [2.24, 2.45) is 0 Å². The van der Waals surface area contributed by atoms with Gasteiger partial charge in [0.15, 0.2) is 0 Å². The SMILES string of the molecule is CC1=C(c2c(C)cc(C)cc2C)CC(c2c(C)cc(C)cc2C)=C1C. The number of hydrogen-bond acceptors (Lipinski definition) is 0. The van der Waals surface area contributed by atoms with Crippen LogP contribution in [0.2, 0.25) is 0 Å². The van der Waals surface area contributed by atoms with Gasteiger partial charge in [-0.3, -0.25) is 0 Å². The Morgan fingerprint density at radius 3 is 1.04 bits per heavy atom. The van der Waals surface area contributed by atoms with Crippen molar-refractivity contribution in [2.45, 2.75) is 61.8 Å². The van der Waals surface area contributed by atoms with Crippen molar-refractivity contribution in [1.82, 2.24) is 0 Å². The minimum atomic E-state index is 1.05. The van der Waals surface area contributed by atoms with E-state index < -0.39 is 0 Å². The van der Waals surface area contributed by atoms with Gasteiger partial charge in [0.2, 0.25) is 0 Å². The summed E-state index contributed by atoms with van der Waals surface area (Å²) >= 11 is 0. The van der Waals surface area contributed by atoms with Gasteiger partial charge in [0.25, 0.3) is 0 Å². The third kappa shape index (κ3) is 2.99. The Morgan fingerprint density at radius 2 is 0.760 bits per heavy atom. The van der Waals surface area contributed by atoms with Gasteiger partial charge in [-0.2, -0.15) is 0 Å². The van der Waals surface area contributed by atoms with Gasteiger partial charge in [0.1, 0.15) is 0 Å². The van der Waals surface area contributed by atoms with Gasteiger partial charge in [-0.05, 0) is 117 Å². The quantitative estimate of drug-likeness (QED) is 0.546. The maximum Gasteiger partial charge on any atom is -0.000803 e. The molecule has 0 heteroatoms. The van der Waals surface area contributed by atoms with E-state index in [0.29, 0.717) is 0 Å². The average molecular weight is 331 g/mol. The molecule has 0 N–H and O–H groups in total. The fraction of sp³-hybridized carbons (Fsp3) is 0.360. The molecule has 2 aromatic rings. The maximum atomic E-state index is 2.32. The smallest absolute Gasteiger partial charge is 0.000803 e. The molecule has 0 amide bonds. The second-order valence-corrected chi connectivity index (χ2v) is 7.93. The molecule has 0 radical (unpaired) electrons. The summed E-state index contributed by atoms with van der Waals surface area (Å²) in [6.45, 7) is 18.0. The Balaban J connectivity index is 2.12.